The van der Waals surface area contributed by atoms with Crippen LogP contribution in [-0.4, -0.2) is 30.1 Å². The Kier molecular flexibility index (Phi) is 7.52. The first kappa shape index (κ1) is 16.9. The van der Waals surface area contributed by atoms with Crippen molar-refractivity contribution in [2.45, 2.75) is 47.1 Å². The maximum Gasteiger partial charge on any atom is 0.225 e. The van der Waals surface area contributed by atoms with Crippen LogP contribution in [0.4, 0.5) is 5.95 Å². The molecular weight excluding hydrogens is 248 g/mol. The molecule has 1 aromatic heterocycles. The van der Waals surface area contributed by atoms with Gasteiger partial charge in [-0.05, 0) is 31.7 Å². The van der Waals surface area contributed by atoms with E-state index in [0.29, 0.717) is 11.8 Å². The van der Waals surface area contributed by atoms with Crippen LogP contribution in [0.1, 0.15) is 46.1 Å². The highest BCUT2D eigenvalue weighted by molar-refractivity contribution is 5.29. The van der Waals surface area contributed by atoms with Gasteiger partial charge in [-0.15, -0.1) is 0 Å². The molecule has 4 heteroatoms. The van der Waals surface area contributed by atoms with Crippen LogP contribution < -0.4 is 10.2 Å². The Morgan fingerprint density at radius 1 is 1.00 bits per heavy atom. The number of nitrogens with one attached hydrogen (secondary N) is 1. The Morgan fingerprint density at radius 2 is 1.50 bits per heavy atom. The number of hydrogen-bond donors (Lipinski definition) is 1. The van der Waals surface area contributed by atoms with Crippen molar-refractivity contribution in [3.63, 3.8) is 0 Å². The van der Waals surface area contributed by atoms with Crippen LogP contribution in [0.25, 0.3) is 0 Å². The Morgan fingerprint density at radius 3 is 1.90 bits per heavy atom. The first-order valence-corrected chi connectivity index (χ1v) is 7.73. The molecule has 0 saturated carbocycles. The Bertz CT molecular complexity index is 347. The van der Waals surface area contributed by atoms with Crippen molar-refractivity contribution in [1.29, 1.82) is 0 Å². The molecule has 0 aliphatic heterocycles. The van der Waals surface area contributed by atoms with E-state index >= 15 is 0 Å². The standard InChI is InChI=1S/C16H30N4/c1-13(2)6-8-20(9-7-14(3)4)16-18-11-15(10-17-5)12-19-16/h11-14,17H,6-10H2,1-5H3. The molecule has 0 unspecified atom stereocenters. The number of aromatic nitrogens is 2. The lowest BCUT2D eigenvalue weighted by Crippen LogP contribution is -2.29. The number of hydrogen-bond acceptors (Lipinski definition) is 4. The van der Waals surface area contributed by atoms with E-state index in [2.05, 4.69) is 47.9 Å². The molecule has 0 spiro atoms. The fourth-order valence-electron chi connectivity index (χ4n) is 1.95. The second kappa shape index (κ2) is 8.90. The Hall–Kier alpha value is -1.16. The van der Waals surface area contributed by atoms with Crippen molar-refractivity contribution < 1.29 is 0 Å². The molecule has 20 heavy (non-hydrogen) atoms. The highest BCUT2D eigenvalue weighted by atomic mass is 15.2. The lowest BCUT2D eigenvalue weighted by atomic mass is 10.1. The highest BCUT2D eigenvalue weighted by Crippen LogP contribution is 2.13. The van der Waals surface area contributed by atoms with Gasteiger partial charge in [-0.25, -0.2) is 9.97 Å². The molecule has 0 aliphatic rings. The maximum absolute atomic E-state index is 4.53. The summed E-state index contributed by atoms with van der Waals surface area (Å²) in [6.45, 7) is 11.9. The van der Waals surface area contributed by atoms with E-state index in [1.165, 1.54) is 12.8 Å². The number of rotatable bonds is 9. The van der Waals surface area contributed by atoms with Crippen molar-refractivity contribution in [3.05, 3.63) is 18.0 Å². The van der Waals surface area contributed by atoms with Crippen molar-refractivity contribution in [2.75, 3.05) is 25.0 Å². The van der Waals surface area contributed by atoms with E-state index in [0.717, 1.165) is 31.1 Å². The average Bonchev–Trinajstić information content (AvgIpc) is 2.40. The predicted molar refractivity (Wildman–Crippen MR) is 85.9 cm³/mol. The summed E-state index contributed by atoms with van der Waals surface area (Å²) >= 11 is 0. The molecule has 4 nitrogen and oxygen atoms in total. The van der Waals surface area contributed by atoms with Gasteiger partial charge in [-0.3, -0.25) is 0 Å². The van der Waals surface area contributed by atoms with Crippen LogP contribution in [0.2, 0.25) is 0 Å². The zero-order valence-electron chi connectivity index (χ0n) is 13.7. The molecule has 0 radical (unpaired) electrons. The van der Waals surface area contributed by atoms with Gasteiger partial charge in [-0.2, -0.15) is 0 Å². The summed E-state index contributed by atoms with van der Waals surface area (Å²) in [5.74, 6) is 2.28. The number of anilines is 1. The van der Waals surface area contributed by atoms with Crippen LogP contribution in [0, 0.1) is 11.8 Å². The maximum atomic E-state index is 4.53. The molecule has 0 amide bonds. The minimum absolute atomic E-state index is 0.708. The quantitative estimate of drug-likeness (QED) is 0.753. The van der Waals surface area contributed by atoms with E-state index in [1.54, 1.807) is 0 Å². The van der Waals surface area contributed by atoms with Gasteiger partial charge in [0.25, 0.3) is 0 Å². The van der Waals surface area contributed by atoms with E-state index in [4.69, 9.17) is 0 Å². The van der Waals surface area contributed by atoms with Gasteiger partial charge in [0.15, 0.2) is 0 Å². The Balaban J connectivity index is 2.69. The summed E-state index contributed by atoms with van der Waals surface area (Å²) in [4.78, 5) is 11.4. The third-order valence-electron chi connectivity index (χ3n) is 3.31. The van der Waals surface area contributed by atoms with Crippen LogP contribution in [0.5, 0.6) is 0 Å². The first-order chi connectivity index (χ1) is 9.52. The van der Waals surface area contributed by atoms with Crippen molar-refractivity contribution in [3.8, 4) is 0 Å². The highest BCUT2D eigenvalue weighted by Gasteiger charge is 2.11. The predicted octanol–water partition coefficient (Wildman–Crippen LogP) is 3.09. The van der Waals surface area contributed by atoms with Gasteiger partial charge in [-0.1, -0.05) is 27.7 Å². The molecule has 0 aliphatic carbocycles. The molecule has 1 N–H and O–H groups in total. The smallest absolute Gasteiger partial charge is 0.225 e. The summed E-state index contributed by atoms with van der Waals surface area (Å²) in [6.07, 6.45) is 6.21. The summed E-state index contributed by atoms with van der Waals surface area (Å²) in [6, 6.07) is 0. The third kappa shape index (κ3) is 6.33. The van der Waals surface area contributed by atoms with Crippen molar-refractivity contribution in [1.82, 2.24) is 15.3 Å². The van der Waals surface area contributed by atoms with E-state index < -0.39 is 0 Å². The van der Waals surface area contributed by atoms with Crippen molar-refractivity contribution in [2.24, 2.45) is 11.8 Å². The van der Waals surface area contributed by atoms with Crippen LogP contribution in [-0.2, 0) is 6.54 Å². The Labute approximate surface area is 124 Å². The van der Waals surface area contributed by atoms with Gasteiger partial charge >= 0.3 is 0 Å². The van der Waals surface area contributed by atoms with Crippen LogP contribution in [0.15, 0.2) is 12.4 Å². The zero-order chi connectivity index (χ0) is 15.0. The minimum Gasteiger partial charge on any atom is -0.341 e. The average molecular weight is 278 g/mol. The van der Waals surface area contributed by atoms with Gasteiger partial charge < -0.3 is 10.2 Å². The molecule has 0 atom stereocenters. The zero-order valence-corrected chi connectivity index (χ0v) is 13.7. The molecule has 114 valence electrons. The number of nitrogens with zero attached hydrogens (tertiary/aromatic N) is 3. The molecule has 1 heterocycles. The lowest BCUT2D eigenvalue weighted by molar-refractivity contribution is 0.530. The van der Waals surface area contributed by atoms with Gasteiger partial charge in [0, 0.05) is 37.6 Å². The molecule has 1 aromatic rings. The lowest BCUT2D eigenvalue weighted by Gasteiger charge is -2.24. The van der Waals surface area contributed by atoms with Crippen molar-refractivity contribution >= 4 is 5.95 Å². The summed E-state index contributed by atoms with van der Waals surface area (Å²) in [5.41, 5.74) is 1.13. The molecular formula is C16H30N4. The summed E-state index contributed by atoms with van der Waals surface area (Å²) in [5, 5.41) is 3.12. The van der Waals surface area contributed by atoms with Crippen LogP contribution >= 0.6 is 0 Å². The molecule has 0 fully saturated rings. The monoisotopic (exact) mass is 278 g/mol. The second-order valence-electron chi connectivity index (χ2n) is 6.27. The second-order valence-corrected chi connectivity index (χ2v) is 6.27. The molecule has 0 aromatic carbocycles. The normalized spacial score (nSPS) is 11.3. The summed E-state index contributed by atoms with van der Waals surface area (Å²) < 4.78 is 0. The molecule has 1 rings (SSSR count). The largest absolute Gasteiger partial charge is 0.341 e. The molecule has 0 bridgehead atoms. The topological polar surface area (TPSA) is 41.1 Å². The first-order valence-electron chi connectivity index (χ1n) is 7.73. The van der Waals surface area contributed by atoms with E-state index in [1.807, 2.05) is 19.4 Å². The van der Waals surface area contributed by atoms with E-state index in [9.17, 15) is 0 Å². The minimum atomic E-state index is 0.708. The summed E-state index contributed by atoms with van der Waals surface area (Å²) in [7, 11) is 1.94. The van der Waals surface area contributed by atoms with Gasteiger partial charge in [0.05, 0.1) is 0 Å². The molecule has 0 saturated heterocycles. The SMILES string of the molecule is CNCc1cnc(N(CCC(C)C)CCC(C)C)nc1. The van der Waals surface area contributed by atoms with Gasteiger partial charge in [0.1, 0.15) is 0 Å². The van der Waals surface area contributed by atoms with Gasteiger partial charge in [0.2, 0.25) is 5.95 Å². The third-order valence-corrected chi connectivity index (χ3v) is 3.31. The fraction of sp³-hybridized carbons (Fsp3) is 0.750. The van der Waals surface area contributed by atoms with E-state index in [-0.39, 0.29) is 0 Å². The van der Waals surface area contributed by atoms with Crippen LogP contribution in [0.3, 0.4) is 0 Å². The fourth-order valence-corrected chi connectivity index (χ4v) is 1.95.